The van der Waals surface area contributed by atoms with Crippen molar-refractivity contribution in [3.8, 4) is 0 Å². The van der Waals surface area contributed by atoms with E-state index in [0.717, 1.165) is 16.8 Å². The van der Waals surface area contributed by atoms with E-state index in [9.17, 15) is 0 Å². The summed E-state index contributed by atoms with van der Waals surface area (Å²) < 4.78 is 0. The number of hydrogen-bond acceptors (Lipinski definition) is 1. The van der Waals surface area contributed by atoms with Crippen molar-refractivity contribution in [3.05, 3.63) is 95.3 Å². The molecule has 1 aliphatic carbocycles. The molecule has 0 aliphatic heterocycles. The lowest BCUT2D eigenvalue weighted by atomic mass is 10.2. The van der Waals surface area contributed by atoms with Gasteiger partial charge in [0.25, 0.3) is 0 Å². The van der Waals surface area contributed by atoms with E-state index in [1.807, 2.05) is 68.5 Å². The Morgan fingerprint density at radius 3 is 2.86 bits per heavy atom. The van der Waals surface area contributed by atoms with E-state index in [1.165, 1.54) is 0 Å². The molecule has 0 unspecified atom stereocenters. The molecule has 0 radical (unpaired) electrons. The van der Waals surface area contributed by atoms with E-state index >= 15 is 0 Å². The van der Waals surface area contributed by atoms with Gasteiger partial charge in [-0.1, -0.05) is 60.7 Å². The summed E-state index contributed by atoms with van der Waals surface area (Å²) in [5.41, 5.74) is 3.10. The molecular formula is C19H20ClN. The topological polar surface area (TPSA) is 12.4 Å². The lowest BCUT2D eigenvalue weighted by molar-refractivity contribution is 1.37. The van der Waals surface area contributed by atoms with Crippen molar-refractivity contribution < 1.29 is 0 Å². The van der Waals surface area contributed by atoms with Gasteiger partial charge in [0.1, 0.15) is 0 Å². The summed E-state index contributed by atoms with van der Waals surface area (Å²) in [6.45, 7) is 7.65. The van der Waals surface area contributed by atoms with Gasteiger partial charge in [0.15, 0.2) is 0 Å². The van der Waals surface area contributed by atoms with E-state index in [-0.39, 0.29) is 0 Å². The Balaban J connectivity index is 2.76. The first-order valence-electron chi connectivity index (χ1n) is 6.72. The zero-order valence-electron chi connectivity index (χ0n) is 12.5. The maximum atomic E-state index is 6.13. The van der Waals surface area contributed by atoms with Gasteiger partial charge in [-0.05, 0) is 49.3 Å². The molecule has 1 nitrogen and oxygen atoms in total. The molecule has 0 saturated carbocycles. The van der Waals surface area contributed by atoms with Crippen LogP contribution in [-0.4, -0.2) is 6.21 Å². The number of rotatable bonds is 5. The van der Waals surface area contributed by atoms with Crippen molar-refractivity contribution in [2.75, 3.05) is 0 Å². The second-order valence-corrected chi connectivity index (χ2v) is 4.97. The SMILES string of the molecule is C=C/C=C/C(C)=C/C(Cl)=C\C=N/C1=CC(/C)=C/C=C/C=C/1. The van der Waals surface area contributed by atoms with Gasteiger partial charge in [0, 0.05) is 11.2 Å². The smallest absolute Gasteiger partial charge is 0.0632 e. The quantitative estimate of drug-likeness (QED) is 0.447. The number of nitrogens with zero attached hydrogens (tertiary/aromatic N) is 1. The highest BCUT2D eigenvalue weighted by Gasteiger charge is 1.91. The van der Waals surface area contributed by atoms with E-state index < -0.39 is 0 Å². The second kappa shape index (κ2) is 9.73. The molecule has 1 aliphatic rings. The molecule has 0 bridgehead atoms. The molecule has 0 atom stereocenters. The van der Waals surface area contributed by atoms with Gasteiger partial charge in [-0.2, -0.15) is 0 Å². The van der Waals surface area contributed by atoms with Crippen LogP contribution in [0, 0.1) is 0 Å². The summed E-state index contributed by atoms with van der Waals surface area (Å²) in [6.07, 6.45) is 22.9. The minimum absolute atomic E-state index is 0.632. The zero-order valence-corrected chi connectivity index (χ0v) is 13.2. The van der Waals surface area contributed by atoms with Crippen LogP contribution in [0.2, 0.25) is 0 Å². The van der Waals surface area contributed by atoms with Gasteiger partial charge in [-0.3, -0.25) is 4.99 Å². The molecule has 2 heteroatoms. The Labute approximate surface area is 132 Å². The van der Waals surface area contributed by atoms with Crippen molar-refractivity contribution in [2.45, 2.75) is 13.8 Å². The number of halogens is 1. The average Bonchev–Trinajstić information content (AvgIpc) is 2.41. The monoisotopic (exact) mass is 297 g/mol. The lowest BCUT2D eigenvalue weighted by Crippen LogP contribution is -1.79. The van der Waals surface area contributed by atoms with Crippen LogP contribution < -0.4 is 0 Å². The first-order valence-corrected chi connectivity index (χ1v) is 7.10. The summed E-state index contributed by atoms with van der Waals surface area (Å²) >= 11 is 6.13. The van der Waals surface area contributed by atoms with Crippen molar-refractivity contribution >= 4 is 17.8 Å². The first kappa shape index (κ1) is 16.9. The fraction of sp³-hybridized carbons (Fsp3) is 0.105. The molecule has 108 valence electrons. The largest absolute Gasteiger partial charge is 0.257 e. The van der Waals surface area contributed by atoms with Gasteiger partial charge < -0.3 is 0 Å². The van der Waals surface area contributed by atoms with E-state index in [2.05, 4.69) is 11.6 Å². The minimum atomic E-state index is 0.632. The Hall–Kier alpha value is -2.12. The summed E-state index contributed by atoms with van der Waals surface area (Å²) in [4.78, 5) is 4.39. The predicted molar refractivity (Wildman–Crippen MR) is 95.6 cm³/mol. The third-order valence-corrected chi connectivity index (χ3v) is 2.78. The zero-order chi connectivity index (χ0) is 15.5. The van der Waals surface area contributed by atoms with Crippen LogP contribution in [0.5, 0.6) is 0 Å². The highest BCUT2D eigenvalue weighted by Crippen LogP contribution is 2.10. The van der Waals surface area contributed by atoms with Crippen molar-refractivity contribution in [1.29, 1.82) is 0 Å². The van der Waals surface area contributed by atoms with Gasteiger partial charge >= 0.3 is 0 Å². The molecule has 0 N–H and O–H groups in total. The number of hydrogen-bond donors (Lipinski definition) is 0. The van der Waals surface area contributed by atoms with Crippen LogP contribution in [0.3, 0.4) is 0 Å². The predicted octanol–water partition coefficient (Wildman–Crippen LogP) is 5.82. The van der Waals surface area contributed by atoms with Gasteiger partial charge in [-0.15, -0.1) is 0 Å². The average molecular weight is 298 g/mol. The molecule has 0 amide bonds. The third-order valence-electron chi connectivity index (χ3n) is 2.54. The van der Waals surface area contributed by atoms with Crippen molar-refractivity contribution in [3.63, 3.8) is 0 Å². The molecule has 0 spiro atoms. The maximum absolute atomic E-state index is 6.13. The molecule has 0 aromatic heterocycles. The van der Waals surface area contributed by atoms with Crippen LogP contribution in [0.25, 0.3) is 0 Å². The maximum Gasteiger partial charge on any atom is 0.0632 e. The van der Waals surface area contributed by atoms with Gasteiger partial charge in [0.05, 0.1) is 5.70 Å². The molecule has 1 rings (SSSR count). The molecule has 0 fully saturated rings. The summed E-state index contributed by atoms with van der Waals surface area (Å²) in [5, 5.41) is 0.632. The first-order chi connectivity index (χ1) is 10.1. The molecular weight excluding hydrogens is 278 g/mol. The molecule has 0 aromatic carbocycles. The lowest BCUT2D eigenvalue weighted by Gasteiger charge is -1.97. The third kappa shape index (κ3) is 7.91. The van der Waals surface area contributed by atoms with Crippen LogP contribution >= 0.6 is 11.6 Å². The summed E-state index contributed by atoms with van der Waals surface area (Å²) in [7, 11) is 0. The minimum Gasteiger partial charge on any atom is -0.257 e. The van der Waals surface area contributed by atoms with Crippen LogP contribution in [0.15, 0.2) is 100 Å². The van der Waals surface area contributed by atoms with Crippen LogP contribution in [0.4, 0.5) is 0 Å². The van der Waals surface area contributed by atoms with Gasteiger partial charge in [-0.25, -0.2) is 0 Å². The summed E-state index contributed by atoms with van der Waals surface area (Å²) in [6, 6.07) is 0. The highest BCUT2D eigenvalue weighted by molar-refractivity contribution is 6.32. The van der Waals surface area contributed by atoms with E-state index in [4.69, 9.17) is 11.6 Å². The standard InChI is InChI=1S/C19H20ClN/c1-4-5-9-16(2)14-18(20)12-13-21-19-11-8-6-7-10-17(3)15-19/h4-15H,1H2,2-3H3/b7-6+,8-6?,9-5+,10-7?,11-8+,16-14+,17-10+,17-15?,18-12+,19-11?,19-15?,21-13-. The van der Waals surface area contributed by atoms with Crippen LogP contribution in [-0.2, 0) is 0 Å². The summed E-state index contributed by atoms with van der Waals surface area (Å²) in [5.74, 6) is 0. The molecule has 0 aromatic rings. The Morgan fingerprint density at radius 2 is 2.10 bits per heavy atom. The van der Waals surface area contributed by atoms with E-state index in [1.54, 1.807) is 18.4 Å². The molecule has 0 heterocycles. The Bertz CT molecular complexity index is 605. The van der Waals surface area contributed by atoms with E-state index in [0.29, 0.717) is 5.03 Å². The molecule has 21 heavy (non-hydrogen) atoms. The second-order valence-electron chi connectivity index (χ2n) is 4.54. The Kier molecular flexibility index (Phi) is 7.85. The Morgan fingerprint density at radius 1 is 1.29 bits per heavy atom. The highest BCUT2D eigenvalue weighted by atomic mass is 35.5. The van der Waals surface area contributed by atoms with Crippen molar-refractivity contribution in [2.24, 2.45) is 4.99 Å². The van der Waals surface area contributed by atoms with Crippen LogP contribution in [0.1, 0.15) is 13.8 Å². The fourth-order valence-corrected chi connectivity index (χ4v) is 1.79. The van der Waals surface area contributed by atoms with Crippen molar-refractivity contribution in [1.82, 2.24) is 0 Å². The number of aliphatic imine (C=N–C) groups is 1. The van der Waals surface area contributed by atoms with Gasteiger partial charge in [0.2, 0.25) is 0 Å². The number of allylic oxidation sites excluding steroid dienone is 14. The fourth-order valence-electron chi connectivity index (χ4n) is 1.56. The molecule has 0 saturated heterocycles. The normalized spacial score (nSPS) is 22.4.